The molecule has 0 radical (unpaired) electrons. The number of carbonyl (C=O) groups excluding carboxylic acids is 4. The van der Waals surface area contributed by atoms with Gasteiger partial charge in [0, 0.05) is 10.8 Å². The monoisotopic (exact) mass is 888 g/mol. The number of fused-ring (bicyclic) bond motifs is 3. The Kier molecular flexibility index (Phi) is 19.3. The number of hydrogen-bond acceptors (Lipinski definition) is 8. The molecular weight excluding hydrogens is 837 g/mol. The lowest BCUT2D eigenvalue weighted by atomic mass is 10.1. The molecule has 0 atom stereocenters. The van der Waals surface area contributed by atoms with E-state index in [2.05, 4.69) is 95.8 Å². The van der Waals surface area contributed by atoms with Crippen LogP contribution in [-0.4, -0.2) is 38.1 Å². The lowest BCUT2D eigenvalue weighted by Crippen LogP contribution is -2.10. The van der Waals surface area contributed by atoms with Crippen LogP contribution in [0, 0.1) is 0 Å². The Hall–Kier alpha value is -8.62. The van der Waals surface area contributed by atoms with Crippen molar-refractivity contribution >= 4 is 56.2 Å². The summed E-state index contributed by atoms with van der Waals surface area (Å²) < 4.78 is 20.3. The van der Waals surface area contributed by atoms with Crippen molar-refractivity contribution in [3.05, 3.63) is 253 Å². The van der Waals surface area contributed by atoms with E-state index in [0.717, 1.165) is 28.0 Å². The van der Waals surface area contributed by atoms with Gasteiger partial charge >= 0.3 is 23.9 Å². The Labute approximate surface area is 391 Å². The predicted molar refractivity (Wildman–Crippen MR) is 269 cm³/mol. The second-order valence-corrected chi connectivity index (χ2v) is 14.5. The smallest absolute Gasteiger partial charge is 0.343 e. The molecule has 0 aromatic heterocycles. The molecule has 0 saturated heterocycles. The third-order valence-electron chi connectivity index (χ3n) is 9.85. The fraction of sp³-hybridized carbons (Fsp3) is 0.0847. The zero-order chi connectivity index (χ0) is 47.8. The molecule has 0 bridgehead atoms. The minimum atomic E-state index is -0.521. The molecule has 0 N–H and O–H groups in total. The molecule has 0 aliphatic carbocycles. The SMILES string of the molecule is C=CC.CCc1ccccc1.COC(=O)c1cccc(C(=O)Oc2cccc3ccccc23)c1.COC(=O)c1cccc(C(=O)Oc2cccc3ccccc23)c1.c1ccc2ccccc2c1. The van der Waals surface area contributed by atoms with Crippen LogP contribution in [0.4, 0.5) is 0 Å². The first-order valence-corrected chi connectivity index (χ1v) is 21.5. The fourth-order valence-electron chi connectivity index (χ4n) is 6.52. The lowest BCUT2D eigenvalue weighted by molar-refractivity contribution is 0.0591. The van der Waals surface area contributed by atoms with Crippen LogP contribution in [0.5, 0.6) is 11.5 Å². The zero-order valence-electron chi connectivity index (χ0n) is 38.0. The highest BCUT2D eigenvalue weighted by molar-refractivity contribution is 5.99. The summed E-state index contributed by atoms with van der Waals surface area (Å²) in [7, 11) is 2.59. The van der Waals surface area contributed by atoms with Gasteiger partial charge in [-0.2, -0.15) is 0 Å². The van der Waals surface area contributed by atoms with Crippen molar-refractivity contribution in [1.29, 1.82) is 0 Å². The number of ether oxygens (including phenoxy) is 4. The number of benzene rings is 9. The lowest BCUT2D eigenvalue weighted by Gasteiger charge is -2.08. The second-order valence-electron chi connectivity index (χ2n) is 14.5. The molecule has 0 amide bonds. The van der Waals surface area contributed by atoms with Crippen molar-refractivity contribution in [2.24, 2.45) is 0 Å². The van der Waals surface area contributed by atoms with Crippen LogP contribution in [0.2, 0.25) is 0 Å². The van der Waals surface area contributed by atoms with Gasteiger partial charge in [0.2, 0.25) is 0 Å². The van der Waals surface area contributed by atoms with E-state index in [1.54, 1.807) is 54.6 Å². The Morgan fingerprint density at radius 1 is 0.403 bits per heavy atom. The Morgan fingerprint density at radius 3 is 1.04 bits per heavy atom. The van der Waals surface area contributed by atoms with Gasteiger partial charge in [-0.05, 0) is 89.0 Å². The molecular formula is C59H52O8. The first-order chi connectivity index (χ1) is 32.7. The minimum Gasteiger partial charge on any atom is -0.465 e. The van der Waals surface area contributed by atoms with Crippen LogP contribution in [-0.2, 0) is 15.9 Å². The van der Waals surface area contributed by atoms with Gasteiger partial charge in [-0.1, -0.05) is 177 Å². The highest BCUT2D eigenvalue weighted by Gasteiger charge is 2.15. The van der Waals surface area contributed by atoms with Crippen LogP contribution in [0.15, 0.2) is 225 Å². The van der Waals surface area contributed by atoms with Gasteiger partial charge < -0.3 is 18.9 Å². The fourth-order valence-corrected chi connectivity index (χ4v) is 6.52. The van der Waals surface area contributed by atoms with Crippen LogP contribution >= 0.6 is 0 Å². The third-order valence-corrected chi connectivity index (χ3v) is 9.85. The molecule has 67 heavy (non-hydrogen) atoms. The van der Waals surface area contributed by atoms with Crippen LogP contribution in [0.1, 0.15) is 60.8 Å². The molecule has 9 aromatic rings. The molecule has 0 aliphatic heterocycles. The Morgan fingerprint density at radius 2 is 0.701 bits per heavy atom. The molecule has 8 heteroatoms. The molecule has 8 nitrogen and oxygen atoms in total. The number of aryl methyl sites for hydroxylation is 1. The summed E-state index contributed by atoms with van der Waals surface area (Å²) in [6.07, 6.45) is 2.89. The number of hydrogen-bond donors (Lipinski definition) is 0. The molecule has 9 aromatic carbocycles. The molecule has 0 unspecified atom stereocenters. The highest BCUT2D eigenvalue weighted by Crippen LogP contribution is 2.27. The average molecular weight is 889 g/mol. The number of rotatable bonds is 7. The van der Waals surface area contributed by atoms with Crippen molar-refractivity contribution in [2.45, 2.75) is 20.3 Å². The van der Waals surface area contributed by atoms with E-state index in [1.165, 1.54) is 42.7 Å². The van der Waals surface area contributed by atoms with Gasteiger partial charge in [0.05, 0.1) is 36.5 Å². The largest absolute Gasteiger partial charge is 0.465 e. The molecule has 0 aliphatic rings. The van der Waals surface area contributed by atoms with Crippen molar-refractivity contribution in [2.75, 3.05) is 14.2 Å². The van der Waals surface area contributed by atoms with Gasteiger partial charge in [-0.25, -0.2) is 19.2 Å². The number of carbonyl (C=O) groups is 4. The Bertz CT molecular complexity index is 2820. The average Bonchev–Trinajstić information content (AvgIpc) is 3.39. The summed E-state index contributed by atoms with van der Waals surface area (Å²) in [4.78, 5) is 47.8. The normalized spacial score (nSPS) is 9.85. The van der Waals surface area contributed by atoms with Crippen LogP contribution in [0.25, 0.3) is 32.3 Å². The maximum atomic E-state index is 12.3. The maximum absolute atomic E-state index is 12.3. The maximum Gasteiger partial charge on any atom is 0.343 e. The molecule has 0 saturated carbocycles. The van der Waals surface area contributed by atoms with Crippen LogP contribution in [0.3, 0.4) is 0 Å². The summed E-state index contributed by atoms with van der Waals surface area (Å²) in [5.74, 6) is -1.07. The summed E-state index contributed by atoms with van der Waals surface area (Å²) in [6.45, 7) is 7.41. The van der Waals surface area contributed by atoms with Gasteiger partial charge in [0.1, 0.15) is 11.5 Å². The number of allylic oxidation sites excluding steroid dienone is 1. The van der Waals surface area contributed by atoms with Crippen LogP contribution < -0.4 is 9.47 Å². The zero-order valence-corrected chi connectivity index (χ0v) is 38.0. The molecule has 9 rings (SSSR count). The van der Waals surface area contributed by atoms with E-state index >= 15 is 0 Å². The summed E-state index contributed by atoms with van der Waals surface area (Å²) in [5, 5.41) is 6.30. The molecule has 0 fully saturated rings. The topological polar surface area (TPSA) is 105 Å². The standard InChI is InChI=1S/2C19H14O4.C10H8.C8H10.C3H6/c2*1-22-18(20)14-8-4-9-15(12-14)19(21)23-17-11-5-7-13-6-2-3-10-16(13)17;1-2-6-10-8-4-3-7-9(10)5-1;1-2-8-6-4-3-5-7-8;1-3-2/h2*2-12H,1H3;1-8H;3-7H,2H2,1H3;3H,1H2,2H3. The molecule has 0 heterocycles. The number of methoxy groups -OCH3 is 2. The van der Waals surface area contributed by atoms with Crippen molar-refractivity contribution < 1.29 is 38.1 Å². The second kappa shape index (κ2) is 26.2. The number of esters is 4. The van der Waals surface area contributed by atoms with Gasteiger partial charge in [0.25, 0.3) is 0 Å². The predicted octanol–water partition coefficient (Wildman–Crippen LogP) is 14.0. The summed E-state index contributed by atoms with van der Waals surface area (Å²) in [6, 6.07) is 66.0. The van der Waals surface area contributed by atoms with E-state index in [0.29, 0.717) is 33.8 Å². The van der Waals surface area contributed by atoms with E-state index in [-0.39, 0.29) is 0 Å². The highest BCUT2D eigenvalue weighted by atomic mass is 16.5. The van der Waals surface area contributed by atoms with E-state index in [1.807, 2.05) is 85.8 Å². The van der Waals surface area contributed by atoms with E-state index in [4.69, 9.17) is 9.47 Å². The molecule has 0 spiro atoms. The first-order valence-electron chi connectivity index (χ1n) is 21.5. The van der Waals surface area contributed by atoms with Gasteiger partial charge in [-0.3, -0.25) is 0 Å². The first kappa shape index (κ1) is 49.4. The minimum absolute atomic E-state index is 0.292. The molecule has 336 valence electrons. The van der Waals surface area contributed by atoms with Crippen molar-refractivity contribution in [3.63, 3.8) is 0 Å². The summed E-state index contributed by atoms with van der Waals surface area (Å²) >= 11 is 0. The van der Waals surface area contributed by atoms with E-state index in [9.17, 15) is 19.2 Å². The van der Waals surface area contributed by atoms with Gasteiger partial charge in [-0.15, -0.1) is 6.58 Å². The van der Waals surface area contributed by atoms with Gasteiger partial charge in [0.15, 0.2) is 0 Å². The van der Waals surface area contributed by atoms with E-state index < -0.39 is 23.9 Å². The third kappa shape index (κ3) is 14.7. The quantitative estimate of drug-likeness (QED) is 0.0885. The van der Waals surface area contributed by atoms with Crippen molar-refractivity contribution in [1.82, 2.24) is 0 Å². The summed E-state index contributed by atoms with van der Waals surface area (Å²) in [5.41, 5.74) is 2.61. The Balaban J connectivity index is 0.000000177. The van der Waals surface area contributed by atoms with Crippen molar-refractivity contribution in [3.8, 4) is 11.5 Å².